The van der Waals surface area contributed by atoms with E-state index in [9.17, 15) is 4.79 Å². The molecule has 2 bridgehead atoms. The number of carbonyl (C=O) groups excluding carboxylic acids is 1. The van der Waals surface area contributed by atoms with Crippen LogP contribution in [-0.4, -0.2) is 19.9 Å². The summed E-state index contributed by atoms with van der Waals surface area (Å²) < 4.78 is 0. The van der Waals surface area contributed by atoms with Crippen LogP contribution >= 0.6 is 11.6 Å². The number of hydrogen-bond donors (Lipinski definition) is 0. The van der Waals surface area contributed by atoms with Crippen molar-refractivity contribution in [3.05, 3.63) is 28.8 Å². The van der Waals surface area contributed by atoms with E-state index in [1.165, 1.54) is 25.7 Å². The zero-order valence-electron chi connectivity index (χ0n) is 11.3. The third kappa shape index (κ3) is 2.51. The first-order chi connectivity index (χ1) is 9.17. The average Bonchev–Trinajstić information content (AvgIpc) is 3.00. The number of aldehydes is 1. The van der Waals surface area contributed by atoms with E-state index in [0.717, 1.165) is 36.3 Å². The van der Waals surface area contributed by atoms with Gasteiger partial charge in [0.25, 0.3) is 0 Å². The fourth-order valence-electron chi connectivity index (χ4n) is 4.02. The van der Waals surface area contributed by atoms with Gasteiger partial charge in [0, 0.05) is 29.9 Å². The molecule has 0 N–H and O–H groups in total. The Morgan fingerprint density at radius 3 is 2.84 bits per heavy atom. The van der Waals surface area contributed by atoms with E-state index in [0.29, 0.717) is 10.6 Å². The van der Waals surface area contributed by atoms with Crippen molar-refractivity contribution < 1.29 is 4.79 Å². The lowest BCUT2D eigenvalue weighted by molar-refractivity contribution is 0.112. The molecule has 0 aromatic heterocycles. The third-order valence-corrected chi connectivity index (χ3v) is 5.16. The molecule has 2 nitrogen and oxygen atoms in total. The second-order valence-electron chi connectivity index (χ2n) is 6.14. The summed E-state index contributed by atoms with van der Waals surface area (Å²) in [6, 6.07) is 5.57. The van der Waals surface area contributed by atoms with Gasteiger partial charge in [-0.3, -0.25) is 4.79 Å². The fourth-order valence-corrected chi connectivity index (χ4v) is 4.20. The molecule has 0 amide bonds. The van der Waals surface area contributed by atoms with Crippen LogP contribution in [0.2, 0.25) is 5.02 Å². The molecule has 0 spiro atoms. The molecule has 3 atom stereocenters. The Kier molecular flexibility index (Phi) is 3.53. The summed E-state index contributed by atoms with van der Waals surface area (Å²) in [5.41, 5.74) is 1.69. The first-order valence-electron chi connectivity index (χ1n) is 7.13. The van der Waals surface area contributed by atoms with Gasteiger partial charge in [0.2, 0.25) is 0 Å². The van der Waals surface area contributed by atoms with Gasteiger partial charge >= 0.3 is 0 Å². The van der Waals surface area contributed by atoms with Crippen molar-refractivity contribution in [2.75, 3.05) is 18.5 Å². The van der Waals surface area contributed by atoms with E-state index in [4.69, 9.17) is 11.6 Å². The summed E-state index contributed by atoms with van der Waals surface area (Å²) in [4.78, 5) is 13.4. The lowest BCUT2D eigenvalue weighted by Crippen LogP contribution is -2.29. The highest BCUT2D eigenvalue weighted by Crippen LogP contribution is 2.48. The highest BCUT2D eigenvalue weighted by atomic mass is 35.5. The molecule has 0 radical (unpaired) electrons. The minimum absolute atomic E-state index is 0.624. The molecule has 102 valence electrons. The van der Waals surface area contributed by atoms with Gasteiger partial charge < -0.3 is 4.90 Å². The molecule has 2 fully saturated rings. The molecule has 1 aromatic rings. The fraction of sp³-hybridized carbons (Fsp3) is 0.562. The van der Waals surface area contributed by atoms with Gasteiger partial charge in [-0.05, 0) is 55.2 Å². The molecule has 0 saturated heterocycles. The zero-order valence-corrected chi connectivity index (χ0v) is 12.1. The monoisotopic (exact) mass is 277 g/mol. The predicted molar refractivity (Wildman–Crippen MR) is 79.0 cm³/mol. The minimum Gasteiger partial charge on any atom is -0.374 e. The summed E-state index contributed by atoms with van der Waals surface area (Å²) >= 11 is 5.94. The first-order valence-corrected chi connectivity index (χ1v) is 7.51. The number of benzene rings is 1. The molecule has 1 aromatic carbocycles. The summed E-state index contributed by atoms with van der Waals surface area (Å²) in [6.07, 6.45) is 6.55. The molecule has 19 heavy (non-hydrogen) atoms. The van der Waals surface area contributed by atoms with Crippen LogP contribution in [0.5, 0.6) is 0 Å². The van der Waals surface area contributed by atoms with E-state index in [2.05, 4.69) is 11.9 Å². The quantitative estimate of drug-likeness (QED) is 0.775. The summed E-state index contributed by atoms with van der Waals surface area (Å²) in [5, 5.41) is 0.624. The number of carbonyl (C=O) groups is 1. The highest BCUT2D eigenvalue weighted by molar-refractivity contribution is 6.31. The number of anilines is 1. The van der Waals surface area contributed by atoms with E-state index in [1.54, 1.807) is 6.07 Å². The van der Waals surface area contributed by atoms with Gasteiger partial charge in [-0.15, -0.1) is 0 Å². The van der Waals surface area contributed by atoms with E-state index in [1.807, 2.05) is 12.1 Å². The van der Waals surface area contributed by atoms with Crippen molar-refractivity contribution in [3.63, 3.8) is 0 Å². The minimum atomic E-state index is 0.624. The Bertz CT molecular complexity index is 488. The Balaban J connectivity index is 1.73. The lowest BCUT2D eigenvalue weighted by Gasteiger charge is -2.29. The van der Waals surface area contributed by atoms with Gasteiger partial charge in [0.1, 0.15) is 0 Å². The zero-order chi connectivity index (χ0) is 13.4. The Morgan fingerprint density at radius 2 is 2.21 bits per heavy atom. The van der Waals surface area contributed by atoms with Crippen molar-refractivity contribution in [2.45, 2.75) is 25.7 Å². The van der Waals surface area contributed by atoms with Crippen LogP contribution in [0.3, 0.4) is 0 Å². The lowest BCUT2D eigenvalue weighted by atomic mass is 9.88. The van der Waals surface area contributed by atoms with Crippen molar-refractivity contribution in [1.29, 1.82) is 0 Å². The predicted octanol–water partition coefficient (Wildman–Crippen LogP) is 4.02. The number of hydrogen-bond acceptors (Lipinski definition) is 2. The number of halogens is 1. The maximum Gasteiger partial charge on any atom is 0.152 e. The van der Waals surface area contributed by atoms with Crippen LogP contribution < -0.4 is 4.90 Å². The normalized spacial score (nSPS) is 28.6. The van der Waals surface area contributed by atoms with Crippen LogP contribution in [0.25, 0.3) is 0 Å². The van der Waals surface area contributed by atoms with Crippen molar-refractivity contribution in [2.24, 2.45) is 17.8 Å². The Morgan fingerprint density at radius 1 is 1.37 bits per heavy atom. The number of nitrogens with zero attached hydrogens (tertiary/aromatic N) is 1. The van der Waals surface area contributed by atoms with Crippen molar-refractivity contribution in [1.82, 2.24) is 0 Å². The van der Waals surface area contributed by atoms with Gasteiger partial charge in [-0.25, -0.2) is 0 Å². The Hall–Kier alpha value is -1.02. The topological polar surface area (TPSA) is 20.3 Å². The molecule has 3 heteroatoms. The van der Waals surface area contributed by atoms with Crippen LogP contribution in [-0.2, 0) is 0 Å². The van der Waals surface area contributed by atoms with Crippen LogP contribution in [0.1, 0.15) is 36.0 Å². The van der Waals surface area contributed by atoms with E-state index >= 15 is 0 Å². The summed E-state index contributed by atoms with van der Waals surface area (Å²) in [6.45, 7) is 1.06. The summed E-state index contributed by atoms with van der Waals surface area (Å²) in [7, 11) is 2.09. The van der Waals surface area contributed by atoms with Crippen LogP contribution in [0.4, 0.5) is 5.69 Å². The molecule has 3 rings (SSSR count). The molecular formula is C16H20ClNO. The van der Waals surface area contributed by atoms with E-state index in [-0.39, 0.29) is 0 Å². The molecule has 3 unspecified atom stereocenters. The molecular weight excluding hydrogens is 258 g/mol. The third-order valence-electron chi connectivity index (χ3n) is 4.92. The molecule has 2 aliphatic rings. The standard InChI is InChI=1S/C16H20ClNO/c1-18(9-13-7-11-2-3-12(13)6-11)16-5-4-15(17)8-14(16)10-19/h4-5,8,10-13H,2-3,6-7,9H2,1H3. The van der Waals surface area contributed by atoms with Crippen LogP contribution in [0, 0.1) is 17.8 Å². The number of rotatable bonds is 4. The van der Waals surface area contributed by atoms with Crippen molar-refractivity contribution >= 4 is 23.6 Å². The van der Waals surface area contributed by atoms with Gasteiger partial charge in [0.05, 0.1) is 0 Å². The SMILES string of the molecule is CN(CC1CC2CCC1C2)c1ccc(Cl)cc1C=O. The highest BCUT2D eigenvalue weighted by Gasteiger charge is 2.39. The summed E-state index contributed by atoms with van der Waals surface area (Å²) in [5.74, 6) is 2.69. The van der Waals surface area contributed by atoms with Gasteiger partial charge in [0.15, 0.2) is 6.29 Å². The smallest absolute Gasteiger partial charge is 0.152 e. The largest absolute Gasteiger partial charge is 0.374 e. The van der Waals surface area contributed by atoms with E-state index < -0.39 is 0 Å². The first kappa shape index (κ1) is 13.0. The molecule has 2 saturated carbocycles. The average molecular weight is 278 g/mol. The van der Waals surface area contributed by atoms with Gasteiger partial charge in [-0.2, -0.15) is 0 Å². The second-order valence-corrected chi connectivity index (χ2v) is 6.57. The maximum absolute atomic E-state index is 11.2. The Labute approximate surface area is 119 Å². The van der Waals surface area contributed by atoms with Crippen molar-refractivity contribution in [3.8, 4) is 0 Å². The molecule has 0 heterocycles. The van der Waals surface area contributed by atoms with Gasteiger partial charge in [-0.1, -0.05) is 18.0 Å². The number of fused-ring (bicyclic) bond motifs is 2. The maximum atomic E-state index is 11.2. The second kappa shape index (κ2) is 5.16. The van der Waals surface area contributed by atoms with Crippen LogP contribution in [0.15, 0.2) is 18.2 Å². The molecule has 0 aliphatic heterocycles. The molecule has 2 aliphatic carbocycles.